The molecule has 0 bridgehead atoms. The minimum atomic E-state index is 0.916. The van der Waals surface area contributed by atoms with Gasteiger partial charge >= 0.3 is 0 Å². The first-order valence-electron chi connectivity index (χ1n) is 18.5. The van der Waals surface area contributed by atoms with E-state index in [0.717, 1.165) is 22.1 Å². The lowest BCUT2D eigenvalue weighted by molar-refractivity contribution is 0.669. The van der Waals surface area contributed by atoms with Gasteiger partial charge in [-0.05, 0) is 113 Å². The zero-order valence-corrected chi connectivity index (χ0v) is 30.0. The summed E-state index contributed by atoms with van der Waals surface area (Å²) < 4.78 is 9.33. The van der Waals surface area contributed by atoms with Gasteiger partial charge in [0, 0.05) is 30.9 Å². The van der Waals surface area contributed by atoms with Gasteiger partial charge in [-0.25, -0.2) is 0 Å². The first-order chi connectivity index (χ1) is 26.8. The van der Waals surface area contributed by atoms with Crippen LogP contribution in [0.1, 0.15) is 0 Å². The number of furan rings is 1. The summed E-state index contributed by atoms with van der Waals surface area (Å²) in [6.07, 6.45) is 0. The van der Waals surface area contributed by atoms with Crippen LogP contribution in [0.3, 0.4) is 0 Å². The van der Waals surface area contributed by atoms with Crippen LogP contribution in [0, 0.1) is 0 Å². The molecule has 0 radical (unpaired) electrons. The molecule has 10 aromatic carbocycles. The Hall–Kier alpha value is -6.74. The van der Waals surface area contributed by atoms with Crippen molar-refractivity contribution in [2.75, 3.05) is 0 Å². The lowest BCUT2D eigenvalue weighted by Gasteiger charge is -2.18. The highest BCUT2D eigenvalue weighted by Gasteiger charge is 2.20. The third-order valence-corrected chi connectivity index (χ3v) is 12.7. The van der Waals surface area contributed by atoms with Crippen molar-refractivity contribution in [3.63, 3.8) is 0 Å². The first-order valence-corrected chi connectivity index (χ1v) is 19.3. The highest BCUT2D eigenvalue weighted by Crippen LogP contribution is 2.47. The largest absolute Gasteiger partial charge is 0.456 e. The summed E-state index contributed by atoms with van der Waals surface area (Å²) in [4.78, 5) is 0. The van der Waals surface area contributed by atoms with Crippen molar-refractivity contribution in [2.24, 2.45) is 0 Å². The van der Waals surface area contributed by atoms with Gasteiger partial charge < -0.3 is 4.42 Å². The summed E-state index contributed by atoms with van der Waals surface area (Å²) in [5.74, 6) is 0. The monoisotopic (exact) mass is 702 g/mol. The number of benzene rings is 10. The molecular formula is C52H30OS. The summed E-state index contributed by atoms with van der Waals surface area (Å²) in [5.41, 5.74) is 9.20. The quantitative estimate of drug-likeness (QED) is 0.167. The molecule has 2 heteroatoms. The molecule has 0 aliphatic heterocycles. The van der Waals surface area contributed by atoms with Crippen molar-refractivity contribution in [2.45, 2.75) is 0 Å². The predicted molar refractivity (Wildman–Crippen MR) is 233 cm³/mol. The fourth-order valence-corrected chi connectivity index (χ4v) is 10.3. The maximum Gasteiger partial charge on any atom is 0.136 e. The second-order valence-electron chi connectivity index (χ2n) is 14.4. The van der Waals surface area contributed by atoms with Gasteiger partial charge in [0.25, 0.3) is 0 Å². The number of fused-ring (bicyclic) bond motifs is 12. The zero-order valence-electron chi connectivity index (χ0n) is 29.1. The van der Waals surface area contributed by atoms with E-state index in [0.29, 0.717) is 0 Å². The minimum Gasteiger partial charge on any atom is -0.456 e. The van der Waals surface area contributed by atoms with E-state index in [1.165, 1.54) is 96.5 Å². The second kappa shape index (κ2) is 11.4. The molecule has 0 aliphatic carbocycles. The van der Waals surface area contributed by atoms with Gasteiger partial charge in [0.05, 0.1) is 0 Å². The van der Waals surface area contributed by atoms with E-state index in [-0.39, 0.29) is 0 Å². The molecule has 0 atom stereocenters. The maximum atomic E-state index is 6.71. The molecule has 250 valence electrons. The molecule has 12 aromatic rings. The van der Waals surface area contributed by atoms with Crippen LogP contribution < -0.4 is 0 Å². The molecule has 0 saturated heterocycles. The van der Waals surface area contributed by atoms with Gasteiger partial charge in [-0.2, -0.15) is 0 Å². The van der Waals surface area contributed by atoms with Crippen LogP contribution in [0.4, 0.5) is 0 Å². The van der Waals surface area contributed by atoms with Crippen molar-refractivity contribution in [3.8, 4) is 33.4 Å². The van der Waals surface area contributed by atoms with Crippen molar-refractivity contribution in [1.29, 1.82) is 0 Å². The average Bonchev–Trinajstić information content (AvgIpc) is 3.81. The number of thiophene rings is 1. The lowest BCUT2D eigenvalue weighted by atomic mass is 9.85. The molecule has 0 spiro atoms. The first kappa shape index (κ1) is 29.8. The molecule has 0 fully saturated rings. The molecule has 0 N–H and O–H groups in total. The van der Waals surface area contributed by atoms with E-state index in [2.05, 4.69) is 182 Å². The maximum absolute atomic E-state index is 6.71. The van der Waals surface area contributed by atoms with Crippen molar-refractivity contribution in [3.05, 3.63) is 182 Å². The highest BCUT2D eigenvalue weighted by molar-refractivity contribution is 7.27. The molecule has 0 aliphatic rings. The van der Waals surface area contributed by atoms with Gasteiger partial charge in [0.1, 0.15) is 11.2 Å². The smallest absolute Gasteiger partial charge is 0.136 e. The molecule has 12 rings (SSSR count). The van der Waals surface area contributed by atoms with Crippen LogP contribution in [0.15, 0.2) is 186 Å². The highest BCUT2D eigenvalue weighted by atomic mass is 32.1. The summed E-state index contributed by atoms with van der Waals surface area (Å²) in [7, 11) is 0. The molecule has 0 saturated carbocycles. The van der Waals surface area contributed by atoms with E-state index in [4.69, 9.17) is 4.42 Å². The Bertz CT molecular complexity index is 3440. The van der Waals surface area contributed by atoms with Gasteiger partial charge in [-0.1, -0.05) is 146 Å². The van der Waals surface area contributed by atoms with Crippen LogP contribution in [-0.4, -0.2) is 0 Å². The van der Waals surface area contributed by atoms with Crippen molar-refractivity contribution < 1.29 is 4.42 Å². The molecule has 2 aromatic heterocycles. The number of hydrogen-bond acceptors (Lipinski definition) is 2. The summed E-state index contributed by atoms with van der Waals surface area (Å²) in [6, 6.07) is 66.6. The molecule has 54 heavy (non-hydrogen) atoms. The van der Waals surface area contributed by atoms with Crippen LogP contribution in [0.25, 0.3) is 119 Å². The van der Waals surface area contributed by atoms with E-state index in [1.807, 2.05) is 11.3 Å². The number of rotatable bonds is 3. The Kier molecular flexibility index (Phi) is 6.28. The van der Waals surface area contributed by atoms with E-state index in [9.17, 15) is 0 Å². The summed E-state index contributed by atoms with van der Waals surface area (Å²) in [6.45, 7) is 0. The average molecular weight is 703 g/mol. The molecule has 0 unspecified atom stereocenters. The van der Waals surface area contributed by atoms with Crippen molar-refractivity contribution in [1.82, 2.24) is 0 Å². The Balaban J connectivity index is 1.05. The van der Waals surface area contributed by atoms with E-state index in [1.54, 1.807) is 0 Å². The third-order valence-electron chi connectivity index (χ3n) is 11.4. The SMILES string of the molecule is c1ccc(-c2ccc3cc(-c4c5ccccc5c(-c5ccc6c(c5)oc5ccc7c8ccc9ccccc9c8sc7c56)c5ccccc45)ccc3c2)cc1. The Morgan fingerprint density at radius 1 is 0.296 bits per heavy atom. The molecular weight excluding hydrogens is 673 g/mol. The Morgan fingerprint density at radius 2 is 0.815 bits per heavy atom. The fraction of sp³-hybridized carbons (Fsp3) is 0. The van der Waals surface area contributed by atoms with Crippen LogP contribution in [0.2, 0.25) is 0 Å². The van der Waals surface area contributed by atoms with Crippen LogP contribution in [0.5, 0.6) is 0 Å². The molecule has 0 amide bonds. The molecule has 1 nitrogen and oxygen atoms in total. The zero-order chi connectivity index (χ0) is 35.3. The standard InChI is InChI=1S/C52H30OS/c1-2-10-31(11-3-1)33-18-19-35-29-36(21-20-34(35)28-33)48-39-14-6-8-16-41(39)49(42-17-9-7-15-40(42)48)37-23-25-45-47(30-37)53-46-27-26-44-43-24-22-32-12-4-5-13-38(32)51(43)54-52(44)50(45)46/h1-30H. The summed E-state index contributed by atoms with van der Waals surface area (Å²) in [5, 5.41) is 15.0. The van der Waals surface area contributed by atoms with E-state index < -0.39 is 0 Å². The summed E-state index contributed by atoms with van der Waals surface area (Å²) >= 11 is 1.88. The fourth-order valence-electron chi connectivity index (χ4n) is 8.94. The van der Waals surface area contributed by atoms with Gasteiger partial charge in [0.15, 0.2) is 0 Å². The van der Waals surface area contributed by atoms with Crippen LogP contribution in [-0.2, 0) is 0 Å². The minimum absolute atomic E-state index is 0.916. The lowest BCUT2D eigenvalue weighted by Crippen LogP contribution is -1.91. The number of hydrogen-bond donors (Lipinski definition) is 0. The normalized spacial score (nSPS) is 12.1. The van der Waals surface area contributed by atoms with Gasteiger partial charge in [0.2, 0.25) is 0 Å². The second-order valence-corrected chi connectivity index (χ2v) is 15.4. The van der Waals surface area contributed by atoms with E-state index >= 15 is 0 Å². The van der Waals surface area contributed by atoms with Gasteiger partial charge in [-0.3, -0.25) is 0 Å². The van der Waals surface area contributed by atoms with Crippen LogP contribution >= 0.6 is 11.3 Å². The third kappa shape index (κ3) is 4.32. The van der Waals surface area contributed by atoms with Crippen molar-refractivity contribution >= 4 is 96.5 Å². The topological polar surface area (TPSA) is 13.1 Å². The van der Waals surface area contributed by atoms with Gasteiger partial charge in [-0.15, -0.1) is 11.3 Å². The Morgan fingerprint density at radius 3 is 1.54 bits per heavy atom. The Labute approximate surface area is 314 Å². The molecule has 2 heterocycles. The predicted octanol–water partition coefficient (Wildman–Crippen LogP) is 15.6.